The Balaban J connectivity index is 2.05. The summed E-state index contributed by atoms with van der Waals surface area (Å²) in [6.45, 7) is 7.93. The molecule has 7 heteroatoms. The number of nitrogens with zero attached hydrogens (tertiary/aromatic N) is 3. The van der Waals surface area contributed by atoms with Gasteiger partial charge in [-0.15, -0.1) is 5.10 Å². The van der Waals surface area contributed by atoms with Crippen molar-refractivity contribution in [3.05, 3.63) is 59.8 Å². The third-order valence-electron chi connectivity index (χ3n) is 4.45. The maximum Gasteiger partial charge on any atom is 0.227 e. The van der Waals surface area contributed by atoms with Gasteiger partial charge in [0.2, 0.25) is 14.9 Å². The minimum absolute atomic E-state index is 0.0504. The number of ether oxygens (including phenoxy) is 1. The first kappa shape index (κ1) is 19.1. The van der Waals surface area contributed by atoms with Gasteiger partial charge in [0.1, 0.15) is 11.4 Å². The number of para-hydroxylation sites is 2. The summed E-state index contributed by atoms with van der Waals surface area (Å²) in [4.78, 5) is 0.200. The second-order valence-electron chi connectivity index (χ2n) is 7.34. The van der Waals surface area contributed by atoms with Crippen molar-refractivity contribution in [3.63, 3.8) is 0 Å². The van der Waals surface area contributed by atoms with Gasteiger partial charge in [-0.05, 0) is 42.2 Å². The third kappa shape index (κ3) is 3.47. The first-order valence-corrected chi connectivity index (χ1v) is 10.1. The van der Waals surface area contributed by atoms with Crippen molar-refractivity contribution in [3.8, 4) is 11.4 Å². The minimum atomic E-state index is -3.77. The van der Waals surface area contributed by atoms with Crippen molar-refractivity contribution < 1.29 is 13.2 Å². The van der Waals surface area contributed by atoms with E-state index in [2.05, 4.69) is 31.1 Å². The molecule has 0 saturated carbocycles. The zero-order valence-corrected chi connectivity index (χ0v) is 16.9. The van der Waals surface area contributed by atoms with Gasteiger partial charge >= 0.3 is 0 Å². The van der Waals surface area contributed by atoms with E-state index >= 15 is 0 Å². The van der Waals surface area contributed by atoms with Gasteiger partial charge in [-0.25, -0.2) is 13.1 Å². The molecule has 0 aliphatic heterocycles. The fourth-order valence-corrected chi connectivity index (χ4v) is 4.18. The normalized spacial score (nSPS) is 12.2. The summed E-state index contributed by atoms with van der Waals surface area (Å²) < 4.78 is 33.0. The first-order chi connectivity index (χ1) is 12.7. The third-order valence-corrected chi connectivity index (χ3v) is 6.23. The van der Waals surface area contributed by atoms with E-state index in [1.54, 1.807) is 38.3 Å². The highest BCUT2D eigenvalue weighted by Gasteiger charge is 2.27. The van der Waals surface area contributed by atoms with Crippen LogP contribution >= 0.6 is 0 Å². The predicted molar refractivity (Wildman–Crippen MR) is 103 cm³/mol. The zero-order chi connectivity index (χ0) is 19.8. The highest BCUT2D eigenvalue weighted by Crippen LogP contribution is 2.29. The maximum absolute atomic E-state index is 13.1. The molecule has 0 bridgehead atoms. The second-order valence-corrected chi connectivity index (χ2v) is 9.21. The molecule has 2 aromatic carbocycles. The van der Waals surface area contributed by atoms with Crippen LogP contribution in [0.25, 0.3) is 5.69 Å². The summed E-state index contributed by atoms with van der Waals surface area (Å²) in [5, 5.41) is 7.95. The topological polar surface area (TPSA) is 74.1 Å². The minimum Gasteiger partial charge on any atom is -0.494 e. The molecule has 0 N–H and O–H groups in total. The lowest BCUT2D eigenvalue weighted by Crippen LogP contribution is -2.12. The van der Waals surface area contributed by atoms with Gasteiger partial charge in [0, 0.05) is 0 Å². The van der Waals surface area contributed by atoms with E-state index < -0.39 is 9.84 Å². The lowest BCUT2D eigenvalue weighted by molar-refractivity contribution is 0.411. The van der Waals surface area contributed by atoms with Crippen molar-refractivity contribution in [2.75, 3.05) is 7.11 Å². The molecular formula is C20H23N3O3S. The van der Waals surface area contributed by atoms with Crippen LogP contribution in [0.15, 0.2) is 58.5 Å². The number of rotatable bonds is 4. The molecule has 1 heterocycles. The molecule has 0 fully saturated rings. The van der Waals surface area contributed by atoms with Gasteiger partial charge < -0.3 is 4.74 Å². The van der Waals surface area contributed by atoms with Crippen LogP contribution in [0.3, 0.4) is 0 Å². The van der Waals surface area contributed by atoms with Crippen LogP contribution in [0.5, 0.6) is 5.75 Å². The van der Waals surface area contributed by atoms with E-state index in [1.165, 1.54) is 4.68 Å². The fourth-order valence-electron chi connectivity index (χ4n) is 2.84. The molecule has 0 unspecified atom stereocenters. The van der Waals surface area contributed by atoms with E-state index in [9.17, 15) is 8.42 Å². The van der Waals surface area contributed by atoms with Gasteiger partial charge in [0.25, 0.3) is 0 Å². The molecule has 0 aliphatic carbocycles. The smallest absolute Gasteiger partial charge is 0.227 e. The van der Waals surface area contributed by atoms with Crippen LogP contribution in [0, 0.1) is 6.92 Å². The SMILES string of the molecule is COc1ccccc1-n1nnc(S(=O)(=O)c2ccc(C(C)(C)C)cc2)c1C. The predicted octanol–water partition coefficient (Wildman–Crippen LogP) is 3.71. The summed E-state index contributed by atoms with van der Waals surface area (Å²) in [5.74, 6) is 0.587. The zero-order valence-electron chi connectivity index (χ0n) is 16.1. The Kier molecular flexibility index (Phi) is 4.82. The molecule has 0 amide bonds. The van der Waals surface area contributed by atoms with Crippen LogP contribution < -0.4 is 4.74 Å². The van der Waals surface area contributed by atoms with Gasteiger partial charge in [0.15, 0.2) is 0 Å². The number of benzene rings is 2. The lowest BCUT2D eigenvalue weighted by atomic mass is 9.87. The van der Waals surface area contributed by atoms with Crippen molar-refractivity contribution in [2.45, 2.75) is 43.0 Å². The van der Waals surface area contributed by atoms with Crippen LogP contribution in [0.1, 0.15) is 32.0 Å². The van der Waals surface area contributed by atoms with Crippen LogP contribution in [-0.4, -0.2) is 30.5 Å². The molecule has 0 saturated heterocycles. The molecule has 3 aromatic rings. The first-order valence-electron chi connectivity index (χ1n) is 8.57. The highest BCUT2D eigenvalue weighted by molar-refractivity contribution is 7.91. The molecule has 0 radical (unpaired) electrons. The quantitative estimate of drug-likeness (QED) is 0.684. The Labute approximate surface area is 159 Å². The average molecular weight is 385 g/mol. The fraction of sp³-hybridized carbons (Fsp3) is 0.300. The van der Waals surface area contributed by atoms with E-state index in [0.717, 1.165) is 5.56 Å². The summed E-state index contributed by atoms with van der Waals surface area (Å²) in [6.07, 6.45) is 0. The Morgan fingerprint density at radius 2 is 1.63 bits per heavy atom. The number of hydrogen-bond donors (Lipinski definition) is 0. The number of methoxy groups -OCH3 is 1. The van der Waals surface area contributed by atoms with E-state index in [4.69, 9.17) is 4.74 Å². The lowest BCUT2D eigenvalue weighted by Gasteiger charge is -2.19. The van der Waals surface area contributed by atoms with Crippen molar-refractivity contribution >= 4 is 9.84 Å². The highest BCUT2D eigenvalue weighted by atomic mass is 32.2. The maximum atomic E-state index is 13.1. The largest absolute Gasteiger partial charge is 0.494 e. The van der Waals surface area contributed by atoms with Crippen LogP contribution in [0.2, 0.25) is 0 Å². The van der Waals surface area contributed by atoms with Gasteiger partial charge in [-0.1, -0.05) is 50.3 Å². The second kappa shape index (κ2) is 6.81. The molecular weight excluding hydrogens is 362 g/mol. The monoisotopic (exact) mass is 385 g/mol. The summed E-state index contributed by atoms with van der Waals surface area (Å²) in [5.41, 5.74) is 2.08. The molecule has 142 valence electrons. The number of hydrogen-bond acceptors (Lipinski definition) is 5. The van der Waals surface area contributed by atoms with E-state index in [1.807, 2.05) is 24.3 Å². The van der Waals surface area contributed by atoms with E-state index in [-0.39, 0.29) is 15.3 Å². The average Bonchev–Trinajstić information content (AvgIpc) is 3.03. The summed E-state index contributed by atoms with van der Waals surface area (Å²) in [6, 6.07) is 14.2. The molecule has 27 heavy (non-hydrogen) atoms. The Hall–Kier alpha value is -2.67. The van der Waals surface area contributed by atoms with Crippen molar-refractivity contribution in [1.82, 2.24) is 15.0 Å². The van der Waals surface area contributed by atoms with Crippen molar-refractivity contribution in [2.24, 2.45) is 0 Å². The molecule has 3 rings (SSSR count). The van der Waals surface area contributed by atoms with Crippen molar-refractivity contribution in [1.29, 1.82) is 0 Å². The van der Waals surface area contributed by atoms with Crippen LogP contribution in [-0.2, 0) is 15.3 Å². The Morgan fingerprint density at radius 1 is 1.00 bits per heavy atom. The summed E-state index contributed by atoms with van der Waals surface area (Å²) in [7, 11) is -2.22. The van der Waals surface area contributed by atoms with Gasteiger partial charge in [0.05, 0.1) is 17.7 Å². The summed E-state index contributed by atoms with van der Waals surface area (Å²) >= 11 is 0. The molecule has 0 spiro atoms. The van der Waals surface area contributed by atoms with Gasteiger partial charge in [-0.3, -0.25) is 0 Å². The van der Waals surface area contributed by atoms with Gasteiger partial charge in [-0.2, -0.15) is 0 Å². The number of sulfone groups is 1. The Morgan fingerprint density at radius 3 is 2.22 bits per heavy atom. The van der Waals surface area contributed by atoms with Crippen LogP contribution in [0.4, 0.5) is 0 Å². The Bertz CT molecular complexity index is 1060. The number of aromatic nitrogens is 3. The molecule has 1 aromatic heterocycles. The van der Waals surface area contributed by atoms with E-state index in [0.29, 0.717) is 17.1 Å². The molecule has 0 aliphatic rings. The molecule has 6 nitrogen and oxygen atoms in total. The standard InChI is InChI=1S/C20H23N3O3S/c1-14-19(21-22-23(14)17-8-6-7-9-18(17)26-5)27(24,25)16-12-10-15(11-13-16)20(2,3)4/h6-13H,1-5H3. The molecule has 0 atom stereocenters.